The van der Waals surface area contributed by atoms with E-state index in [0.717, 1.165) is 54.7 Å². The molecular weight excluding hydrogens is 440 g/mol. The quantitative estimate of drug-likeness (QED) is 0.448. The Labute approximate surface area is 167 Å². The maximum atomic E-state index is 5.45. The van der Waals surface area contributed by atoms with Crippen LogP contribution in [0.25, 0.3) is 10.6 Å². The van der Waals surface area contributed by atoms with Gasteiger partial charge in [-0.15, -0.1) is 21.5 Å². The Morgan fingerprint density at radius 2 is 2.20 bits per heavy atom. The summed E-state index contributed by atoms with van der Waals surface area (Å²) in [6.07, 6.45) is 1.07. The first-order valence-electron chi connectivity index (χ1n) is 7.68. The van der Waals surface area contributed by atoms with E-state index in [-0.39, 0.29) is 0 Å². The molecule has 0 spiro atoms. The molecule has 5 nitrogen and oxygen atoms in total. The van der Waals surface area contributed by atoms with Gasteiger partial charge in [-0.25, -0.2) is 4.98 Å². The first-order valence-corrected chi connectivity index (χ1v) is 11.2. The van der Waals surface area contributed by atoms with Crippen LogP contribution in [0.2, 0.25) is 0 Å². The van der Waals surface area contributed by atoms with E-state index in [1.54, 1.807) is 41.5 Å². The van der Waals surface area contributed by atoms with Crippen molar-refractivity contribution in [1.82, 2.24) is 15.2 Å². The molecule has 0 radical (unpaired) electrons. The zero-order chi connectivity index (χ0) is 17.6. The second-order valence-electron chi connectivity index (χ2n) is 5.08. The summed E-state index contributed by atoms with van der Waals surface area (Å²) in [6, 6.07) is 5.94. The first kappa shape index (κ1) is 18.6. The summed E-state index contributed by atoms with van der Waals surface area (Å²) < 4.78 is 7.41. The van der Waals surface area contributed by atoms with Crippen molar-refractivity contribution < 1.29 is 4.74 Å². The zero-order valence-electron chi connectivity index (χ0n) is 13.8. The average molecular weight is 457 g/mol. The van der Waals surface area contributed by atoms with Gasteiger partial charge < -0.3 is 10.1 Å². The van der Waals surface area contributed by atoms with E-state index in [1.165, 1.54) is 0 Å². The van der Waals surface area contributed by atoms with Gasteiger partial charge in [0.05, 0.1) is 18.4 Å². The van der Waals surface area contributed by atoms with Gasteiger partial charge >= 0.3 is 0 Å². The van der Waals surface area contributed by atoms with E-state index in [2.05, 4.69) is 43.7 Å². The van der Waals surface area contributed by atoms with Crippen molar-refractivity contribution in [1.29, 1.82) is 0 Å². The molecule has 2 aromatic heterocycles. The highest BCUT2D eigenvalue weighted by molar-refractivity contribution is 9.10. The third kappa shape index (κ3) is 4.93. The number of halogens is 1. The van der Waals surface area contributed by atoms with E-state index in [4.69, 9.17) is 9.72 Å². The van der Waals surface area contributed by atoms with Crippen LogP contribution in [0.15, 0.2) is 32.4 Å². The number of benzene rings is 1. The fraction of sp³-hybridized carbons (Fsp3) is 0.312. The number of methoxy groups -OCH3 is 1. The van der Waals surface area contributed by atoms with Gasteiger partial charge in [0.15, 0.2) is 4.34 Å². The Kier molecular flexibility index (Phi) is 6.69. The topological polar surface area (TPSA) is 59.9 Å². The molecule has 25 heavy (non-hydrogen) atoms. The molecule has 0 unspecified atom stereocenters. The van der Waals surface area contributed by atoms with Crippen LogP contribution in [0.3, 0.4) is 0 Å². The third-order valence-corrected chi connectivity index (χ3v) is 6.69. The predicted octanol–water partition coefficient (Wildman–Crippen LogP) is 5.55. The number of rotatable bonds is 8. The van der Waals surface area contributed by atoms with Crippen molar-refractivity contribution in [3.8, 4) is 16.3 Å². The van der Waals surface area contributed by atoms with Crippen molar-refractivity contribution in [3.63, 3.8) is 0 Å². The standard InChI is InChI=1S/C16H17BrN4OS3/c1-3-6-18-15-20-21-16(25-15)24-9-11-8-23-14(19-11)12-7-10(17)4-5-13(12)22-2/h4-5,7-8H,3,6,9H2,1-2H3,(H,18,20). The molecule has 1 N–H and O–H groups in total. The van der Waals surface area contributed by atoms with Gasteiger partial charge in [-0.05, 0) is 24.6 Å². The van der Waals surface area contributed by atoms with Gasteiger partial charge in [-0.2, -0.15) is 0 Å². The molecule has 132 valence electrons. The SMILES string of the molecule is CCCNc1nnc(SCc2csc(-c3cc(Br)ccc3OC)n2)s1. The van der Waals surface area contributed by atoms with E-state index < -0.39 is 0 Å². The Bertz CT molecular complexity index is 836. The fourth-order valence-electron chi connectivity index (χ4n) is 2.05. The molecule has 3 rings (SSSR count). The highest BCUT2D eigenvalue weighted by Crippen LogP contribution is 2.36. The first-order chi connectivity index (χ1) is 12.2. The molecule has 0 aliphatic carbocycles. The summed E-state index contributed by atoms with van der Waals surface area (Å²) in [4.78, 5) is 4.74. The van der Waals surface area contributed by atoms with E-state index in [1.807, 2.05) is 18.2 Å². The second-order valence-corrected chi connectivity index (χ2v) is 9.05. The Morgan fingerprint density at radius 1 is 1.32 bits per heavy atom. The minimum Gasteiger partial charge on any atom is -0.496 e. The molecule has 2 heterocycles. The fourth-order valence-corrected chi connectivity index (χ4v) is 5.03. The number of ether oxygens (including phenoxy) is 1. The van der Waals surface area contributed by atoms with E-state index in [0.29, 0.717) is 0 Å². The monoisotopic (exact) mass is 456 g/mol. The maximum absolute atomic E-state index is 5.45. The largest absolute Gasteiger partial charge is 0.496 e. The third-order valence-electron chi connectivity index (χ3n) is 3.22. The minimum absolute atomic E-state index is 0.773. The molecule has 0 amide bonds. The molecule has 0 atom stereocenters. The highest BCUT2D eigenvalue weighted by Gasteiger charge is 2.12. The summed E-state index contributed by atoms with van der Waals surface area (Å²) >= 11 is 8.37. The number of hydrogen-bond acceptors (Lipinski definition) is 8. The van der Waals surface area contributed by atoms with E-state index >= 15 is 0 Å². The van der Waals surface area contributed by atoms with Crippen LogP contribution >= 0.6 is 50.4 Å². The number of hydrogen-bond donors (Lipinski definition) is 1. The molecule has 0 saturated heterocycles. The number of anilines is 1. The summed E-state index contributed by atoms with van der Waals surface area (Å²) in [7, 11) is 1.68. The molecular formula is C16H17BrN4OS3. The molecule has 0 fully saturated rings. The van der Waals surface area contributed by atoms with Gasteiger partial charge in [0.25, 0.3) is 0 Å². The van der Waals surface area contributed by atoms with Crippen LogP contribution in [0.1, 0.15) is 19.0 Å². The minimum atomic E-state index is 0.773. The Balaban J connectivity index is 1.66. The summed E-state index contributed by atoms with van der Waals surface area (Å²) in [5.74, 6) is 1.60. The molecule has 1 aromatic carbocycles. The number of thiazole rings is 1. The lowest BCUT2D eigenvalue weighted by atomic mass is 10.2. The summed E-state index contributed by atoms with van der Waals surface area (Å²) in [6.45, 7) is 3.05. The Hall–Kier alpha value is -1.16. The van der Waals surface area contributed by atoms with Crippen LogP contribution in [-0.4, -0.2) is 28.8 Å². The van der Waals surface area contributed by atoms with Crippen LogP contribution in [0.5, 0.6) is 5.75 Å². The lowest BCUT2D eigenvalue weighted by Crippen LogP contribution is -1.98. The van der Waals surface area contributed by atoms with Gasteiger partial charge in [0.1, 0.15) is 10.8 Å². The van der Waals surface area contributed by atoms with Crippen molar-refractivity contribution >= 4 is 55.5 Å². The number of nitrogens with zero attached hydrogens (tertiary/aromatic N) is 3. The highest BCUT2D eigenvalue weighted by atomic mass is 79.9. The van der Waals surface area contributed by atoms with Crippen molar-refractivity contribution in [3.05, 3.63) is 33.7 Å². The number of aromatic nitrogens is 3. The maximum Gasteiger partial charge on any atom is 0.206 e. The summed E-state index contributed by atoms with van der Waals surface area (Å²) in [5.41, 5.74) is 2.03. The van der Waals surface area contributed by atoms with Gasteiger partial charge in [0, 0.05) is 22.2 Å². The molecule has 0 aliphatic rings. The normalized spacial score (nSPS) is 10.8. The lowest BCUT2D eigenvalue weighted by molar-refractivity contribution is 0.416. The van der Waals surface area contributed by atoms with Crippen LogP contribution in [0, 0.1) is 0 Å². The number of thioether (sulfide) groups is 1. The molecule has 0 saturated carbocycles. The van der Waals surface area contributed by atoms with Crippen LogP contribution in [0.4, 0.5) is 5.13 Å². The van der Waals surface area contributed by atoms with Crippen molar-refractivity contribution in [2.75, 3.05) is 19.0 Å². The van der Waals surface area contributed by atoms with Gasteiger partial charge in [-0.1, -0.05) is 46.0 Å². The van der Waals surface area contributed by atoms with Crippen molar-refractivity contribution in [2.24, 2.45) is 0 Å². The van der Waals surface area contributed by atoms with Gasteiger partial charge in [0.2, 0.25) is 5.13 Å². The van der Waals surface area contributed by atoms with Gasteiger partial charge in [-0.3, -0.25) is 0 Å². The zero-order valence-corrected chi connectivity index (χ0v) is 17.8. The predicted molar refractivity (Wildman–Crippen MR) is 110 cm³/mol. The molecule has 9 heteroatoms. The summed E-state index contributed by atoms with van der Waals surface area (Å²) in [5, 5.41) is 15.5. The molecule has 0 aliphatic heterocycles. The average Bonchev–Trinajstić information content (AvgIpc) is 3.27. The van der Waals surface area contributed by atoms with Crippen molar-refractivity contribution in [2.45, 2.75) is 23.4 Å². The Morgan fingerprint density at radius 3 is 3.00 bits per heavy atom. The van der Waals surface area contributed by atoms with Crippen LogP contribution in [-0.2, 0) is 5.75 Å². The van der Waals surface area contributed by atoms with E-state index in [9.17, 15) is 0 Å². The smallest absolute Gasteiger partial charge is 0.206 e. The molecule has 3 aromatic rings. The van der Waals surface area contributed by atoms with Crippen LogP contribution < -0.4 is 10.1 Å². The molecule has 0 bridgehead atoms. The lowest BCUT2D eigenvalue weighted by Gasteiger charge is -2.06. The second kappa shape index (κ2) is 8.98. The number of nitrogens with one attached hydrogen (secondary N) is 1.